The van der Waals surface area contributed by atoms with Gasteiger partial charge in [-0.25, -0.2) is 9.78 Å². The molecule has 5 heterocycles. The van der Waals surface area contributed by atoms with Crippen molar-refractivity contribution in [1.29, 1.82) is 0 Å². The fourth-order valence-electron chi connectivity index (χ4n) is 6.20. The van der Waals surface area contributed by atoms with Gasteiger partial charge in [-0.3, -0.25) is 24.5 Å². The van der Waals surface area contributed by atoms with E-state index in [2.05, 4.69) is 44.1 Å². The number of carbonyl (C=O) groups is 1. The van der Waals surface area contributed by atoms with Crippen LogP contribution in [0.1, 0.15) is 28.8 Å². The molecule has 4 atom stereocenters. The summed E-state index contributed by atoms with van der Waals surface area (Å²) in [5.74, 6) is 1.58. The number of likely N-dealkylation sites (tertiary alicyclic amines) is 1. The summed E-state index contributed by atoms with van der Waals surface area (Å²) >= 11 is 0. The van der Waals surface area contributed by atoms with Gasteiger partial charge in [0, 0.05) is 38.4 Å². The van der Waals surface area contributed by atoms with Crippen LogP contribution in [0.4, 0.5) is 0 Å². The lowest BCUT2D eigenvalue weighted by Crippen LogP contribution is -2.59. The second-order valence-corrected chi connectivity index (χ2v) is 9.40. The van der Waals surface area contributed by atoms with Crippen LogP contribution in [0.3, 0.4) is 0 Å². The Labute approximate surface area is 184 Å². The Hall–Kier alpha value is -3.26. The summed E-state index contributed by atoms with van der Waals surface area (Å²) in [4.78, 5) is 50.5. The fourth-order valence-corrected chi connectivity index (χ4v) is 6.20. The second kappa shape index (κ2) is 7.41. The van der Waals surface area contributed by atoms with Crippen molar-refractivity contribution >= 4 is 16.9 Å². The first-order valence-corrected chi connectivity index (χ1v) is 11.3. The molecule has 0 radical (unpaired) electrons. The molecule has 7 rings (SSSR count). The maximum Gasteiger partial charge on any atom is 0.327 e. The highest BCUT2D eigenvalue weighted by Crippen LogP contribution is 2.47. The summed E-state index contributed by atoms with van der Waals surface area (Å²) < 4.78 is 0. The monoisotopic (exact) mass is 431 g/mol. The molecule has 1 aromatic carbocycles. The number of aromatic amines is 2. The van der Waals surface area contributed by atoms with Crippen molar-refractivity contribution in [3.05, 3.63) is 74.6 Å². The molecule has 1 saturated carbocycles. The third-order valence-electron chi connectivity index (χ3n) is 7.60. The minimum Gasteiger partial charge on any atom is -0.335 e. The van der Waals surface area contributed by atoms with E-state index < -0.39 is 11.2 Å². The first kappa shape index (κ1) is 19.4. The molecular formula is C24H25N5O3. The van der Waals surface area contributed by atoms with Gasteiger partial charge in [-0.15, -0.1) is 0 Å². The third kappa shape index (κ3) is 3.17. The highest BCUT2D eigenvalue weighted by molar-refractivity contribution is 5.97. The zero-order valence-electron chi connectivity index (χ0n) is 17.7. The van der Waals surface area contributed by atoms with E-state index in [9.17, 15) is 14.4 Å². The number of H-pyrrole nitrogens is 2. The number of pyridine rings is 1. The predicted molar refractivity (Wildman–Crippen MR) is 119 cm³/mol. The fraction of sp³-hybridized carbons (Fsp3) is 0.417. The smallest absolute Gasteiger partial charge is 0.327 e. The largest absolute Gasteiger partial charge is 0.335 e. The van der Waals surface area contributed by atoms with Gasteiger partial charge in [0.25, 0.3) is 11.5 Å². The zero-order chi connectivity index (χ0) is 21.8. The topological polar surface area (TPSA) is 102 Å². The minimum absolute atomic E-state index is 0.0698. The van der Waals surface area contributed by atoms with Crippen LogP contribution in [0, 0.1) is 17.8 Å². The maximum atomic E-state index is 13.5. The molecule has 4 aliphatic rings. The van der Waals surface area contributed by atoms with Crippen LogP contribution in [-0.4, -0.2) is 56.3 Å². The van der Waals surface area contributed by atoms with Gasteiger partial charge in [-0.2, -0.15) is 0 Å². The lowest BCUT2D eigenvalue weighted by molar-refractivity contribution is -0.0144. The number of nitrogens with one attached hydrogen (secondary N) is 2. The second-order valence-electron chi connectivity index (χ2n) is 9.40. The molecule has 0 spiro atoms. The standard InChI is InChI=1S/C24H25N5O3/c30-22-17-8-16(9-25-21(17)26-24(32)27-22)23(31)29-11-15-6-7-20(29)19-13-28(12-18(15)19)10-14-4-2-1-3-5-14/h1-5,8-9,15,18-20H,6-7,10-13H2,(H2,25,26,27,30,32). The molecule has 2 bridgehead atoms. The van der Waals surface area contributed by atoms with E-state index in [0.717, 1.165) is 32.6 Å². The van der Waals surface area contributed by atoms with Gasteiger partial charge in [0.05, 0.1) is 10.9 Å². The molecule has 8 nitrogen and oxygen atoms in total. The Morgan fingerprint density at radius 1 is 1.03 bits per heavy atom. The Morgan fingerprint density at radius 2 is 1.84 bits per heavy atom. The van der Waals surface area contributed by atoms with Gasteiger partial charge in [0.2, 0.25) is 0 Å². The Bertz CT molecular complexity index is 1300. The molecule has 8 heteroatoms. The number of hydrogen-bond donors (Lipinski definition) is 2. The first-order valence-electron chi connectivity index (χ1n) is 11.3. The van der Waals surface area contributed by atoms with Crippen molar-refractivity contribution in [3.63, 3.8) is 0 Å². The summed E-state index contributed by atoms with van der Waals surface area (Å²) in [6, 6.07) is 12.3. The molecular weight excluding hydrogens is 406 g/mol. The van der Waals surface area contributed by atoms with Crippen LogP contribution in [-0.2, 0) is 6.54 Å². The molecule has 2 N–H and O–H groups in total. The van der Waals surface area contributed by atoms with Crippen molar-refractivity contribution < 1.29 is 4.79 Å². The summed E-state index contributed by atoms with van der Waals surface area (Å²) in [5, 5.41) is 0.227. The van der Waals surface area contributed by atoms with Crippen LogP contribution < -0.4 is 11.2 Å². The average molecular weight is 431 g/mol. The van der Waals surface area contributed by atoms with E-state index in [-0.39, 0.29) is 23.0 Å². The number of piperidine rings is 2. The highest BCUT2D eigenvalue weighted by Gasteiger charge is 2.52. The molecule has 3 aliphatic heterocycles. The molecule has 1 amide bonds. The lowest BCUT2D eigenvalue weighted by Gasteiger charge is -2.52. The SMILES string of the molecule is O=C(c1cnc2[nH]c(=O)[nH]c(=O)c2c1)N1CC2CCC1C1CN(Cc3ccccc3)CC21. The van der Waals surface area contributed by atoms with E-state index >= 15 is 0 Å². The predicted octanol–water partition coefficient (Wildman–Crippen LogP) is 1.59. The molecule has 3 aromatic rings. The molecule has 4 unspecified atom stereocenters. The quantitative estimate of drug-likeness (QED) is 0.656. The summed E-state index contributed by atoms with van der Waals surface area (Å²) in [7, 11) is 0. The van der Waals surface area contributed by atoms with Gasteiger partial charge in [-0.05, 0) is 42.2 Å². The summed E-state index contributed by atoms with van der Waals surface area (Å²) in [6.07, 6.45) is 3.67. The number of amides is 1. The van der Waals surface area contributed by atoms with Gasteiger partial charge >= 0.3 is 5.69 Å². The van der Waals surface area contributed by atoms with Crippen molar-refractivity contribution in [2.75, 3.05) is 19.6 Å². The average Bonchev–Trinajstić information content (AvgIpc) is 3.25. The number of hydrogen-bond acceptors (Lipinski definition) is 5. The summed E-state index contributed by atoms with van der Waals surface area (Å²) in [5.41, 5.74) is 0.798. The number of rotatable bonds is 3. The number of carbonyl (C=O) groups excluding carboxylic acids is 1. The van der Waals surface area contributed by atoms with Crippen LogP contribution in [0.2, 0.25) is 0 Å². The van der Waals surface area contributed by atoms with E-state index in [1.54, 1.807) is 6.07 Å². The van der Waals surface area contributed by atoms with E-state index in [1.807, 2.05) is 11.0 Å². The van der Waals surface area contributed by atoms with Gasteiger partial charge in [-0.1, -0.05) is 30.3 Å². The van der Waals surface area contributed by atoms with Gasteiger partial charge in [0.15, 0.2) is 0 Å². The normalized spacial score (nSPS) is 27.1. The molecule has 2 aromatic heterocycles. The Morgan fingerprint density at radius 3 is 2.69 bits per heavy atom. The van der Waals surface area contributed by atoms with Crippen LogP contribution in [0.5, 0.6) is 0 Å². The first-order chi connectivity index (χ1) is 15.6. The van der Waals surface area contributed by atoms with Gasteiger partial charge in [0.1, 0.15) is 5.65 Å². The number of aromatic nitrogens is 3. The van der Waals surface area contributed by atoms with Gasteiger partial charge < -0.3 is 4.90 Å². The lowest BCUT2D eigenvalue weighted by atomic mass is 9.66. The Balaban J connectivity index is 1.25. The zero-order valence-corrected chi connectivity index (χ0v) is 17.7. The number of benzene rings is 1. The van der Waals surface area contributed by atoms with Crippen molar-refractivity contribution in [2.24, 2.45) is 17.8 Å². The summed E-state index contributed by atoms with van der Waals surface area (Å²) in [6.45, 7) is 3.84. The minimum atomic E-state index is -0.602. The molecule has 1 aliphatic carbocycles. The Kier molecular flexibility index (Phi) is 4.50. The van der Waals surface area contributed by atoms with E-state index in [0.29, 0.717) is 23.3 Å². The highest BCUT2D eigenvalue weighted by atomic mass is 16.2. The van der Waals surface area contributed by atoms with Crippen molar-refractivity contribution in [3.8, 4) is 0 Å². The van der Waals surface area contributed by atoms with Crippen molar-refractivity contribution in [1.82, 2.24) is 24.8 Å². The van der Waals surface area contributed by atoms with E-state index in [1.165, 1.54) is 18.2 Å². The molecule has 4 fully saturated rings. The number of fused-ring (bicyclic) bond motifs is 3. The van der Waals surface area contributed by atoms with Crippen LogP contribution >= 0.6 is 0 Å². The van der Waals surface area contributed by atoms with E-state index in [4.69, 9.17) is 0 Å². The molecule has 164 valence electrons. The molecule has 32 heavy (non-hydrogen) atoms. The molecule has 3 saturated heterocycles. The third-order valence-corrected chi connectivity index (χ3v) is 7.60. The van der Waals surface area contributed by atoms with Crippen LogP contribution in [0.15, 0.2) is 52.2 Å². The van der Waals surface area contributed by atoms with Crippen LogP contribution in [0.25, 0.3) is 11.0 Å². The van der Waals surface area contributed by atoms with Crippen molar-refractivity contribution in [2.45, 2.75) is 25.4 Å². The maximum absolute atomic E-state index is 13.5. The number of nitrogens with zero attached hydrogens (tertiary/aromatic N) is 3.